The van der Waals surface area contributed by atoms with E-state index in [0.29, 0.717) is 17.6 Å². The molecule has 0 spiro atoms. The molecule has 0 N–H and O–H groups in total. The van der Waals surface area contributed by atoms with Crippen molar-refractivity contribution in [3.05, 3.63) is 86.1 Å². The lowest BCUT2D eigenvalue weighted by atomic mass is 10.0. The molecule has 2 heteroatoms. The van der Waals surface area contributed by atoms with Crippen molar-refractivity contribution in [3.63, 3.8) is 0 Å². The van der Waals surface area contributed by atoms with Crippen LogP contribution in [0.1, 0.15) is 13.8 Å². The Morgan fingerprint density at radius 1 is 0.950 bits per heavy atom. The van der Waals surface area contributed by atoms with Crippen LogP contribution in [-0.4, -0.2) is 6.21 Å². The number of rotatable bonds is 9. The molecule has 0 saturated carbocycles. The molecule has 0 rings (SSSR count). The van der Waals surface area contributed by atoms with Gasteiger partial charge in [-0.25, -0.2) is 4.99 Å². The van der Waals surface area contributed by atoms with Gasteiger partial charge in [0.05, 0.1) is 0 Å². The quantitative estimate of drug-likeness (QED) is 0.323. The number of ether oxygens (including phenoxy) is 1. The number of allylic oxidation sites excluding steroid dienone is 8. The molecule has 0 aliphatic heterocycles. The maximum Gasteiger partial charge on any atom is 0.219 e. The molecule has 0 aromatic heterocycles. The zero-order valence-electron chi connectivity index (χ0n) is 12.4. The lowest BCUT2D eigenvalue weighted by molar-refractivity contribution is 0.318. The van der Waals surface area contributed by atoms with Gasteiger partial charge in [-0.3, -0.25) is 0 Å². The van der Waals surface area contributed by atoms with Crippen molar-refractivity contribution in [1.29, 1.82) is 0 Å². The van der Waals surface area contributed by atoms with Gasteiger partial charge >= 0.3 is 0 Å². The first-order valence-corrected chi connectivity index (χ1v) is 6.41. The highest BCUT2D eigenvalue weighted by Crippen LogP contribution is 2.14. The SMILES string of the molecule is C=C/C=N\C(=C/C=C)O/C(C=C)=C/C=C(\C=C)C(C)C. The molecular weight excluding hydrogens is 246 g/mol. The molecule has 2 nitrogen and oxygen atoms in total. The van der Waals surface area contributed by atoms with E-state index in [9.17, 15) is 0 Å². The monoisotopic (exact) mass is 269 g/mol. The van der Waals surface area contributed by atoms with E-state index in [1.165, 1.54) is 0 Å². The van der Waals surface area contributed by atoms with Crippen molar-refractivity contribution in [1.82, 2.24) is 0 Å². The summed E-state index contributed by atoms with van der Waals surface area (Å²) in [5, 5.41) is 0. The smallest absolute Gasteiger partial charge is 0.219 e. The first-order chi connectivity index (χ1) is 9.58. The fourth-order valence-corrected chi connectivity index (χ4v) is 1.27. The van der Waals surface area contributed by atoms with E-state index in [1.807, 2.05) is 18.2 Å². The largest absolute Gasteiger partial charge is 0.439 e. The summed E-state index contributed by atoms with van der Waals surface area (Å²) in [5.74, 6) is 1.42. The zero-order chi connectivity index (χ0) is 15.4. The molecule has 0 aliphatic rings. The number of hydrogen-bond acceptors (Lipinski definition) is 2. The molecule has 0 heterocycles. The van der Waals surface area contributed by atoms with Crippen molar-refractivity contribution >= 4 is 6.21 Å². The van der Waals surface area contributed by atoms with E-state index in [-0.39, 0.29) is 0 Å². The molecule has 0 fully saturated rings. The molecule has 0 aliphatic carbocycles. The lowest BCUT2D eigenvalue weighted by Gasteiger charge is -2.07. The number of hydrogen-bond donors (Lipinski definition) is 0. The molecule has 0 radical (unpaired) electrons. The zero-order valence-corrected chi connectivity index (χ0v) is 12.4. The average Bonchev–Trinajstić information content (AvgIpc) is 2.43. The molecule has 20 heavy (non-hydrogen) atoms. The van der Waals surface area contributed by atoms with Crippen LogP contribution in [0.25, 0.3) is 0 Å². The molecular formula is C18H23NO. The van der Waals surface area contributed by atoms with Crippen LogP contribution < -0.4 is 0 Å². The normalized spacial score (nSPS) is 13.4. The van der Waals surface area contributed by atoms with Crippen molar-refractivity contribution in [2.75, 3.05) is 0 Å². The van der Waals surface area contributed by atoms with Crippen LogP contribution >= 0.6 is 0 Å². The first-order valence-electron chi connectivity index (χ1n) is 6.41. The third-order valence-corrected chi connectivity index (χ3v) is 2.33. The summed E-state index contributed by atoms with van der Waals surface area (Å²) < 4.78 is 5.63. The van der Waals surface area contributed by atoms with Crippen molar-refractivity contribution in [2.45, 2.75) is 13.8 Å². The Balaban J connectivity index is 5.17. The minimum atomic E-state index is 0.400. The second-order valence-electron chi connectivity index (χ2n) is 4.16. The molecule has 106 valence electrons. The number of aliphatic imine (C=N–C) groups is 1. The van der Waals surface area contributed by atoms with Gasteiger partial charge in [0.15, 0.2) is 0 Å². The standard InChI is InChI=1S/C18H23NO/c1-7-11-18(19-14-8-2)20-17(10-4)13-12-16(9-3)15(5)6/h7-15H,1-4H2,5-6H3/b16-12+,17-13+,18-11+,19-14-. The van der Waals surface area contributed by atoms with Crippen LogP contribution in [0.3, 0.4) is 0 Å². The maximum absolute atomic E-state index is 5.63. The highest BCUT2D eigenvalue weighted by Gasteiger charge is 1.99. The van der Waals surface area contributed by atoms with Crippen LogP contribution in [0.2, 0.25) is 0 Å². The van der Waals surface area contributed by atoms with E-state index in [4.69, 9.17) is 4.74 Å². The predicted molar refractivity (Wildman–Crippen MR) is 89.5 cm³/mol. The van der Waals surface area contributed by atoms with Gasteiger partial charge in [0.2, 0.25) is 5.88 Å². The molecule has 0 aromatic carbocycles. The third-order valence-electron chi connectivity index (χ3n) is 2.33. The van der Waals surface area contributed by atoms with Crippen LogP contribution in [0.15, 0.2) is 91.1 Å². The van der Waals surface area contributed by atoms with Gasteiger partial charge in [-0.05, 0) is 23.6 Å². The summed E-state index contributed by atoms with van der Waals surface area (Å²) in [6.07, 6.45) is 13.6. The Labute approximate surface area is 122 Å². The van der Waals surface area contributed by atoms with Crippen LogP contribution in [0, 0.1) is 5.92 Å². The summed E-state index contributed by atoms with van der Waals surface area (Å²) in [6.45, 7) is 18.9. The van der Waals surface area contributed by atoms with Crippen LogP contribution in [-0.2, 0) is 4.74 Å². The van der Waals surface area contributed by atoms with Gasteiger partial charge < -0.3 is 4.74 Å². The topological polar surface area (TPSA) is 21.6 Å². The van der Waals surface area contributed by atoms with E-state index in [1.54, 1.807) is 30.5 Å². The summed E-state index contributed by atoms with van der Waals surface area (Å²) in [7, 11) is 0. The average molecular weight is 269 g/mol. The maximum atomic E-state index is 5.63. The minimum absolute atomic E-state index is 0.400. The molecule has 0 unspecified atom stereocenters. The van der Waals surface area contributed by atoms with Gasteiger partial charge in [-0.2, -0.15) is 0 Å². The van der Waals surface area contributed by atoms with E-state index >= 15 is 0 Å². The van der Waals surface area contributed by atoms with Crippen molar-refractivity contribution in [2.24, 2.45) is 10.9 Å². The van der Waals surface area contributed by atoms with Crippen molar-refractivity contribution < 1.29 is 4.74 Å². The highest BCUT2D eigenvalue weighted by atomic mass is 16.5. The summed E-state index contributed by atoms with van der Waals surface area (Å²) >= 11 is 0. The molecule has 0 aromatic rings. The predicted octanol–water partition coefficient (Wildman–Crippen LogP) is 5.13. The van der Waals surface area contributed by atoms with Gasteiger partial charge in [-0.15, -0.1) is 0 Å². The lowest BCUT2D eigenvalue weighted by Crippen LogP contribution is -1.91. The first kappa shape index (κ1) is 17.6. The second kappa shape index (κ2) is 10.6. The highest BCUT2D eigenvalue weighted by molar-refractivity contribution is 5.71. The number of nitrogens with zero attached hydrogens (tertiary/aromatic N) is 1. The Hall–Kier alpha value is -2.35. The molecule has 0 bridgehead atoms. The van der Waals surface area contributed by atoms with Crippen LogP contribution in [0.5, 0.6) is 0 Å². The second-order valence-corrected chi connectivity index (χ2v) is 4.16. The molecule has 0 atom stereocenters. The Morgan fingerprint density at radius 2 is 1.65 bits per heavy atom. The summed E-state index contributed by atoms with van der Waals surface area (Å²) in [5.41, 5.74) is 1.12. The minimum Gasteiger partial charge on any atom is -0.439 e. The Morgan fingerprint density at radius 3 is 2.10 bits per heavy atom. The van der Waals surface area contributed by atoms with Gasteiger partial charge in [-0.1, -0.05) is 64.5 Å². The van der Waals surface area contributed by atoms with E-state index in [0.717, 1.165) is 5.57 Å². The van der Waals surface area contributed by atoms with Gasteiger partial charge in [0.1, 0.15) is 5.76 Å². The van der Waals surface area contributed by atoms with Gasteiger partial charge in [0.25, 0.3) is 0 Å². The Kier molecular flexibility index (Phi) is 9.32. The van der Waals surface area contributed by atoms with E-state index < -0.39 is 0 Å². The third kappa shape index (κ3) is 7.17. The summed E-state index contributed by atoms with van der Waals surface area (Å²) in [4.78, 5) is 4.10. The van der Waals surface area contributed by atoms with E-state index in [2.05, 4.69) is 45.2 Å². The molecule has 0 amide bonds. The molecule has 0 saturated heterocycles. The van der Waals surface area contributed by atoms with Gasteiger partial charge in [0, 0.05) is 12.3 Å². The fourth-order valence-electron chi connectivity index (χ4n) is 1.27. The van der Waals surface area contributed by atoms with Crippen molar-refractivity contribution in [3.8, 4) is 0 Å². The summed E-state index contributed by atoms with van der Waals surface area (Å²) in [6, 6.07) is 0. The Bertz CT molecular complexity index is 474. The fraction of sp³-hybridized carbons (Fsp3) is 0.167. The van der Waals surface area contributed by atoms with Crippen LogP contribution in [0.4, 0.5) is 0 Å².